The van der Waals surface area contributed by atoms with Crippen LogP contribution in [-0.4, -0.2) is 11.9 Å². The Morgan fingerprint density at radius 1 is 1.33 bits per heavy atom. The van der Waals surface area contributed by atoms with Crippen molar-refractivity contribution in [3.05, 3.63) is 35.4 Å². The number of cyclic esters (lactones) is 1. The molecule has 1 aromatic rings. The summed E-state index contributed by atoms with van der Waals surface area (Å²) < 4.78 is 10.2. The van der Waals surface area contributed by atoms with Crippen molar-refractivity contribution in [2.24, 2.45) is 0 Å². The van der Waals surface area contributed by atoms with E-state index in [0.29, 0.717) is 17.5 Å². The van der Waals surface area contributed by atoms with E-state index in [4.69, 9.17) is 9.47 Å². The number of hydrogen-bond donors (Lipinski definition) is 0. The summed E-state index contributed by atoms with van der Waals surface area (Å²) in [6, 6.07) is 6.96. The molecule has 0 fully saturated rings. The van der Waals surface area contributed by atoms with Crippen molar-refractivity contribution in [3.63, 3.8) is 0 Å². The maximum absolute atomic E-state index is 11.6. The molecule has 1 atom stereocenters. The number of esters is 2. The number of rotatable bonds is 5. The van der Waals surface area contributed by atoms with Gasteiger partial charge in [0.1, 0.15) is 0 Å². The Kier molecular flexibility index (Phi) is 3.97. The van der Waals surface area contributed by atoms with Crippen LogP contribution in [0.2, 0.25) is 0 Å². The van der Waals surface area contributed by atoms with Crippen LogP contribution in [0.15, 0.2) is 24.3 Å². The van der Waals surface area contributed by atoms with Gasteiger partial charge in [0.25, 0.3) is 6.29 Å². The van der Waals surface area contributed by atoms with E-state index in [0.717, 1.165) is 19.3 Å². The zero-order valence-corrected chi connectivity index (χ0v) is 10.3. The van der Waals surface area contributed by atoms with Crippen molar-refractivity contribution in [1.82, 2.24) is 0 Å². The second-order valence-electron chi connectivity index (χ2n) is 4.27. The van der Waals surface area contributed by atoms with Gasteiger partial charge in [0.05, 0.1) is 5.56 Å². The van der Waals surface area contributed by atoms with E-state index in [1.165, 1.54) is 0 Å². The summed E-state index contributed by atoms with van der Waals surface area (Å²) in [5.74, 6) is -0.755. The van der Waals surface area contributed by atoms with E-state index in [1.54, 1.807) is 24.3 Å². The summed E-state index contributed by atoms with van der Waals surface area (Å²) in [6.45, 7) is 2.07. The zero-order chi connectivity index (χ0) is 13.0. The highest BCUT2D eigenvalue weighted by Gasteiger charge is 2.33. The molecule has 1 aliphatic rings. The number of hydrogen-bond acceptors (Lipinski definition) is 4. The summed E-state index contributed by atoms with van der Waals surface area (Å²) >= 11 is 0. The quantitative estimate of drug-likeness (QED) is 0.593. The van der Waals surface area contributed by atoms with Crippen LogP contribution >= 0.6 is 0 Å². The molecule has 4 heteroatoms. The molecule has 0 N–H and O–H groups in total. The molecule has 18 heavy (non-hydrogen) atoms. The van der Waals surface area contributed by atoms with Crippen LogP contribution in [0, 0.1) is 0 Å². The number of benzene rings is 1. The Morgan fingerprint density at radius 3 is 2.89 bits per heavy atom. The third-order valence-electron chi connectivity index (χ3n) is 2.87. The van der Waals surface area contributed by atoms with E-state index in [2.05, 4.69) is 6.92 Å². The van der Waals surface area contributed by atoms with Crippen molar-refractivity contribution in [1.29, 1.82) is 0 Å². The molecular formula is C14H16O4. The van der Waals surface area contributed by atoms with E-state index < -0.39 is 12.3 Å². The molecule has 0 amide bonds. The maximum Gasteiger partial charge on any atom is 0.342 e. The van der Waals surface area contributed by atoms with Crippen molar-refractivity contribution < 1.29 is 19.1 Å². The van der Waals surface area contributed by atoms with Gasteiger partial charge in [-0.25, -0.2) is 4.79 Å². The van der Waals surface area contributed by atoms with Gasteiger partial charge in [-0.2, -0.15) is 0 Å². The van der Waals surface area contributed by atoms with Gasteiger partial charge in [-0.05, 0) is 12.5 Å². The van der Waals surface area contributed by atoms with Crippen LogP contribution < -0.4 is 0 Å². The lowest BCUT2D eigenvalue weighted by Crippen LogP contribution is -2.11. The molecular weight excluding hydrogens is 232 g/mol. The molecule has 1 aliphatic heterocycles. The van der Waals surface area contributed by atoms with Crippen LogP contribution in [0.25, 0.3) is 0 Å². The monoisotopic (exact) mass is 248 g/mol. The molecule has 1 unspecified atom stereocenters. The number of carbonyl (C=O) groups excluding carboxylic acids is 2. The molecule has 1 aromatic carbocycles. The Balaban J connectivity index is 1.96. The first kappa shape index (κ1) is 12.6. The van der Waals surface area contributed by atoms with Crippen molar-refractivity contribution >= 4 is 11.9 Å². The highest BCUT2D eigenvalue weighted by Crippen LogP contribution is 2.31. The minimum absolute atomic E-state index is 0.321. The number of fused-ring (bicyclic) bond motifs is 1. The lowest BCUT2D eigenvalue weighted by Gasteiger charge is -2.11. The lowest BCUT2D eigenvalue weighted by molar-refractivity contribution is -0.167. The van der Waals surface area contributed by atoms with E-state index in [1.807, 2.05) is 0 Å². The third-order valence-corrected chi connectivity index (χ3v) is 2.87. The van der Waals surface area contributed by atoms with Gasteiger partial charge in [0, 0.05) is 12.0 Å². The zero-order valence-electron chi connectivity index (χ0n) is 10.3. The van der Waals surface area contributed by atoms with E-state index in [9.17, 15) is 9.59 Å². The van der Waals surface area contributed by atoms with Gasteiger partial charge in [0.15, 0.2) is 0 Å². The van der Waals surface area contributed by atoms with Crippen molar-refractivity contribution in [2.45, 2.75) is 38.9 Å². The number of unbranched alkanes of at least 4 members (excludes halogenated alkanes) is 2. The highest BCUT2D eigenvalue weighted by atomic mass is 16.7. The smallest absolute Gasteiger partial charge is 0.342 e. The van der Waals surface area contributed by atoms with Gasteiger partial charge in [-0.3, -0.25) is 4.79 Å². The van der Waals surface area contributed by atoms with Crippen LogP contribution in [0.4, 0.5) is 0 Å². The molecule has 0 aromatic heterocycles. The van der Waals surface area contributed by atoms with Gasteiger partial charge in [0.2, 0.25) is 0 Å². The fraction of sp³-hybridized carbons (Fsp3) is 0.429. The molecule has 1 heterocycles. The first-order valence-corrected chi connectivity index (χ1v) is 6.21. The topological polar surface area (TPSA) is 52.6 Å². The van der Waals surface area contributed by atoms with Crippen LogP contribution in [-0.2, 0) is 14.3 Å². The van der Waals surface area contributed by atoms with Crippen LogP contribution in [0.3, 0.4) is 0 Å². The third kappa shape index (κ3) is 2.70. The molecule has 0 aliphatic carbocycles. The van der Waals surface area contributed by atoms with E-state index >= 15 is 0 Å². The van der Waals surface area contributed by atoms with Crippen molar-refractivity contribution in [2.75, 3.05) is 0 Å². The average Bonchev–Trinajstić information content (AvgIpc) is 2.67. The van der Waals surface area contributed by atoms with Gasteiger partial charge < -0.3 is 9.47 Å². The molecule has 2 rings (SSSR count). The van der Waals surface area contributed by atoms with Gasteiger partial charge >= 0.3 is 11.9 Å². The van der Waals surface area contributed by atoms with Crippen LogP contribution in [0.5, 0.6) is 0 Å². The Hall–Kier alpha value is -1.84. The molecule has 0 saturated heterocycles. The van der Waals surface area contributed by atoms with Gasteiger partial charge in [-0.1, -0.05) is 38.0 Å². The number of ether oxygens (including phenoxy) is 2. The summed E-state index contributed by atoms with van der Waals surface area (Å²) in [4.78, 5) is 23.1. The molecule has 4 nitrogen and oxygen atoms in total. The molecule has 0 saturated carbocycles. The summed E-state index contributed by atoms with van der Waals surface area (Å²) in [7, 11) is 0. The first-order valence-electron chi connectivity index (χ1n) is 6.21. The summed E-state index contributed by atoms with van der Waals surface area (Å²) in [6.07, 6.45) is 2.34. The second kappa shape index (κ2) is 5.67. The largest absolute Gasteiger partial charge is 0.421 e. The summed E-state index contributed by atoms with van der Waals surface area (Å²) in [5.41, 5.74) is 1.11. The molecule has 0 spiro atoms. The minimum atomic E-state index is -0.872. The predicted octanol–water partition coefficient (Wildman–Crippen LogP) is 2.98. The highest BCUT2D eigenvalue weighted by molar-refractivity contribution is 5.94. The van der Waals surface area contributed by atoms with Crippen molar-refractivity contribution in [3.8, 4) is 0 Å². The SMILES string of the molecule is CCCCCC(=O)OC1OC(=O)c2ccccc21. The van der Waals surface area contributed by atoms with E-state index in [-0.39, 0.29) is 5.97 Å². The number of carbonyl (C=O) groups is 2. The standard InChI is InChI=1S/C14H16O4/c1-2-3-4-9-12(15)17-14-11-8-6-5-7-10(11)13(16)18-14/h5-8,14H,2-4,9H2,1H3. The van der Waals surface area contributed by atoms with Crippen LogP contribution in [0.1, 0.15) is 54.8 Å². The Bertz CT molecular complexity index is 453. The average molecular weight is 248 g/mol. The normalized spacial score (nSPS) is 17.2. The summed E-state index contributed by atoms with van der Waals surface area (Å²) in [5, 5.41) is 0. The minimum Gasteiger partial charge on any atom is -0.421 e. The molecule has 96 valence electrons. The maximum atomic E-state index is 11.6. The molecule has 0 bridgehead atoms. The fourth-order valence-corrected chi connectivity index (χ4v) is 1.90. The fourth-order valence-electron chi connectivity index (χ4n) is 1.90. The lowest BCUT2D eigenvalue weighted by atomic mass is 10.1. The Labute approximate surface area is 106 Å². The second-order valence-corrected chi connectivity index (χ2v) is 4.27. The Morgan fingerprint density at radius 2 is 2.11 bits per heavy atom. The molecule has 0 radical (unpaired) electrons. The first-order chi connectivity index (χ1) is 8.72. The predicted molar refractivity (Wildman–Crippen MR) is 64.8 cm³/mol. The van der Waals surface area contributed by atoms with Gasteiger partial charge in [-0.15, -0.1) is 0 Å².